The third-order valence-corrected chi connectivity index (χ3v) is 2.82. The van der Waals surface area contributed by atoms with Gasteiger partial charge in [-0.25, -0.2) is 0 Å². The summed E-state index contributed by atoms with van der Waals surface area (Å²) in [5.41, 5.74) is 0. The van der Waals surface area contributed by atoms with Crippen molar-refractivity contribution in [3.05, 3.63) is 19.1 Å². The van der Waals surface area contributed by atoms with Crippen LogP contribution in [0.3, 0.4) is 0 Å². The summed E-state index contributed by atoms with van der Waals surface area (Å²) >= 11 is 0. The van der Waals surface area contributed by atoms with Crippen molar-refractivity contribution in [2.24, 2.45) is 0 Å². The molecule has 0 rings (SSSR count). The Hall–Kier alpha value is 0.257. The fraction of sp³-hybridized carbons (Fsp3) is 0.812. The summed E-state index contributed by atoms with van der Waals surface area (Å²) in [4.78, 5) is 0. The van der Waals surface area contributed by atoms with Gasteiger partial charge in [-0.05, 0) is 12.8 Å². The van der Waals surface area contributed by atoms with Gasteiger partial charge in [0.05, 0.1) is 6.61 Å². The molecule has 0 aromatic heterocycles. The molecule has 0 aromatic rings. The average molecular weight is 262 g/mol. The number of hydrogen-bond acceptors (Lipinski definition) is 2. The Balaban J connectivity index is 0. The molecule has 0 amide bonds. The summed E-state index contributed by atoms with van der Waals surface area (Å²) < 4.78 is 10.8. The van der Waals surface area contributed by atoms with Gasteiger partial charge in [-0.2, -0.15) is 6.42 Å². The fourth-order valence-electron chi connectivity index (χ4n) is 1.73. The van der Waals surface area contributed by atoms with Crippen LogP contribution in [0.1, 0.15) is 64.7 Å². The third-order valence-electron chi connectivity index (χ3n) is 2.82. The molecule has 108 valence electrons. The quantitative estimate of drug-likeness (QED) is 0.156. The van der Waals surface area contributed by atoms with Gasteiger partial charge in [-0.1, -0.05) is 51.5 Å². The summed E-state index contributed by atoms with van der Waals surface area (Å²) in [6.07, 6.45) is 15.2. The van der Waals surface area contributed by atoms with E-state index in [2.05, 4.69) is 26.0 Å². The molecule has 0 atom stereocenters. The molecule has 0 aliphatic rings. The molecular formula is C16H31LiO2. The van der Waals surface area contributed by atoms with Gasteiger partial charge in [-0.3, -0.25) is 0 Å². The van der Waals surface area contributed by atoms with Crippen LogP contribution < -0.4 is 18.9 Å². The summed E-state index contributed by atoms with van der Waals surface area (Å²) in [6, 6.07) is 0. The van der Waals surface area contributed by atoms with Crippen molar-refractivity contribution in [3.63, 3.8) is 0 Å². The number of allylic oxidation sites excluding steroid dienone is 1. The van der Waals surface area contributed by atoms with E-state index in [-0.39, 0.29) is 18.9 Å². The molecule has 0 bridgehead atoms. The second-order valence-electron chi connectivity index (χ2n) is 4.60. The van der Waals surface area contributed by atoms with Gasteiger partial charge in [0, 0.05) is 6.61 Å². The summed E-state index contributed by atoms with van der Waals surface area (Å²) in [5, 5.41) is 0. The molecule has 3 heteroatoms. The van der Waals surface area contributed by atoms with E-state index in [1.807, 2.05) is 0 Å². The number of hydrogen-bond donors (Lipinski definition) is 0. The SMILES string of the molecule is [CH2-]C/C=C\CCOCOCCCCCCCCC.[Li+]. The van der Waals surface area contributed by atoms with Crippen molar-refractivity contribution in [1.82, 2.24) is 0 Å². The van der Waals surface area contributed by atoms with Crippen molar-refractivity contribution < 1.29 is 28.3 Å². The molecule has 0 aliphatic heterocycles. The smallest absolute Gasteiger partial charge is 0.355 e. The van der Waals surface area contributed by atoms with Crippen LogP contribution in [0.25, 0.3) is 0 Å². The maximum Gasteiger partial charge on any atom is 1.00 e. The number of unbranched alkanes of at least 4 members (excludes halogenated alkanes) is 6. The van der Waals surface area contributed by atoms with Gasteiger partial charge in [0.1, 0.15) is 6.79 Å². The van der Waals surface area contributed by atoms with Crippen LogP contribution in [0.4, 0.5) is 0 Å². The molecule has 0 saturated heterocycles. The predicted octanol–water partition coefficient (Wildman–Crippen LogP) is 1.90. The van der Waals surface area contributed by atoms with Crippen molar-refractivity contribution in [3.8, 4) is 0 Å². The molecule has 0 heterocycles. The molecule has 0 radical (unpaired) electrons. The molecule has 2 nitrogen and oxygen atoms in total. The zero-order valence-corrected chi connectivity index (χ0v) is 13.2. The zero-order valence-electron chi connectivity index (χ0n) is 13.2. The number of ether oxygens (including phenoxy) is 2. The maximum atomic E-state index is 5.41. The second-order valence-corrected chi connectivity index (χ2v) is 4.60. The van der Waals surface area contributed by atoms with E-state index >= 15 is 0 Å². The van der Waals surface area contributed by atoms with Gasteiger partial charge in [-0.15, -0.1) is 6.08 Å². The first-order valence-electron chi connectivity index (χ1n) is 7.51. The average Bonchev–Trinajstić information content (AvgIpc) is 2.39. The monoisotopic (exact) mass is 262 g/mol. The molecule has 0 fully saturated rings. The Bertz CT molecular complexity index is 172. The van der Waals surface area contributed by atoms with Gasteiger partial charge < -0.3 is 16.4 Å². The Morgan fingerprint density at radius 3 is 2.16 bits per heavy atom. The molecule has 0 aliphatic carbocycles. The Kier molecular flexibility index (Phi) is 23.3. The minimum absolute atomic E-state index is 0. The molecule has 0 spiro atoms. The topological polar surface area (TPSA) is 18.5 Å². The minimum atomic E-state index is 0. The standard InChI is InChI=1S/C16H31O2.Li/c1-3-5-7-9-10-11-13-15-18-16-17-14-12-8-6-4-2;/h6,8H,2-5,7,9-16H2,1H3;/q-1;+1/b8-6-;. The minimum Gasteiger partial charge on any atom is -0.355 e. The molecular weight excluding hydrogens is 231 g/mol. The first-order chi connectivity index (χ1) is 8.91. The van der Waals surface area contributed by atoms with Crippen LogP contribution in [0, 0.1) is 6.92 Å². The van der Waals surface area contributed by atoms with Gasteiger partial charge in [0.25, 0.3) is 0 Å². The van der Waals surface area contributed by atoms with E-state index < -0.39 is 0 Å². The second kappa shape index (κ2) is 20.6. The fourth-order valence-corrected chi connectivity index (χ4v) is 1.73. The van der Waals surface area contributed by atoms with E-state index in [9.17, 15) is 0 Å². The van der Waals surface area contributed by atoms with Gasteiger partial charge in [0.15, 0.2) is 0 Å². The third kappa shape index (κ3) is 20.7. The van der Waals surface area contributed by atoms with E-state index in [0.29, 0.717) is 6.79 Å². The van der Waals surface area contributed by atoms with Crippen molar-refractivity contribution in [2.75, 3.05) is 20.0 Å². The Labute approximate surface area is 132 Å². The van der Waals surface area contributed by atoms with Crippen LogP contribution in [0.2, 0.25) is 0 Å². The summed E-state index contributed by atoms with van der Waals surface area (Å²) in [7, 11) is 0. The van der Waals surface area contributed by atoms with Crippen LogP contribution >= 0.6 is 0 Å². The number of rotatable bonds is 14. The van der Waals surface area contributed by atoms with Crippen LogP contribution in [-0.4, -0.2) is 20.0 Å². The first kappa shape index (κ1) is 21.6. The molecule has 19 heavy (non-hydrogen) atoms. The van der Waals surface area contributed by atoms with E-state index in [1.54, 1.807) is 0 Å². The zero-order chi connectivity index (χ0) is 13.3. The molecule has 0 aromatic carbocycles. The summed E-state index contributed by atoms with van der Waals surface area (Å²) in [6.45, 7) is 8.00. The van der Waals surface area contributed by atoms with Crippen molar-refractivity contribution in [1.29, 1.82) is 0 Å². The van der Waals surface area contributed by atoms with Gasteiger partial charge in [0.2, 0.25) is 0 Å². The normalized spacial score (nSPS) is 10.8. The van der Waals surface area contributed by atoms with Crippen molar-refractivity contribution in [2.45, 2.75) is 64.7 Å². The van der Waals surface area contributed by atoms with E-state index in [1.165, 1.54) is 38.5 Å². The molecule has 0 saturated carbocycles. The Morgan fingerprint density at radius 2 is 1.47 bits per heavy atom. The van der Waals surface area contributed by atoms with Crippen LogP contribution in [-0.2, 0) is 9.47 Å². The molecule has 0 unspecified atom stereocenters. The first-order valence-corrected chi connectivity index (χ1v) is 7.51. The largest absolute Gasteiger partial charge is 1.00 e. The molecule has 0 N–H and O–H groups in total. The van der Waals surface area contributed by atoms with Gasteiger partial charge >= 0.3 is 18.9 Å². The van der Waals surface area contributed by atoms with Crippen molar-refractivity contribution >= 4 is 0 Å². The Morgan fingerprint density at radius 1 is 0.842 bits per heavy atom. The van der Waals surface area contributed by atoms with Crippen LogP contribution in [0.5, 0.6) is 0 Å². The summed E-state index contributed by atoms with van der Waals surface area (Å²) in [5.74, 6) is 0. The van der Waals surface area contributed by atoms with E-state index in [0.717, 1.165) is 32.5 Å². The van der Waals surface area contributed by atoms with E-state index in [4.69, 9.17) is 9.47 Å². The van der Waals surface area contributed by atoms with Crippen LogP contribution in [0.15, 0.2) is 12.2 Å². The maximum absolute atomic E-state index is 5.41. The predicted molar refractivity (Wildman–Crippen MR) is 78.5 cm³/mol.